The Kier molecular flexibility index (Phi) is 5.44. The number of benzene rings is 1. The highest BCUT2D eigenvalue weighted by Crippen LogP contribution is 2.16. The quantitative estimate of drug-likeness (QED) is 0.853. The van der Waals surface area contributed by atoms with E-state index in [2.05, 4.69) is 26.9 Å². The summed E-state index contributed by atoms with van der Waals surface area (Å²) < 4.78 is 0. The SMILES string of the molecule is CCCCC(=O)Nc1ccc(Nc2cccc(C#N)c2)nn1. The van der Waals surface area contributed by atoms with Crippen LogP contribution in [0.25, 0.3) is 0 Å². The minimum absolute atomic E-state index is 0.0569. The van der Waals surface area contributed by atoms with Crippen LogP contribution in [0.4, 0.5) is 17.3 Å². The van der Waals surface area contributed by atoms with Gasteiger partial charge in [-0.3, -0.25) is 4.79 Å². The van der Waals surface area contributed by atoms with Crippen molar-refractivity contribution in [3.05, 3.63) is 42.0 Å². The summed E-state index contributed by atoms with van der Waals surface area (Å²) in [6, 6.07) is 12.6. The lowest BCUT2D eigenvalue weighted by Gasteiger charge is -2.06. The number of aromatic nitrogens is 2. The second-order valence-corrected chi connectivity index (χ2v) is 4.77. The van der Waals surface area contributed by atoms with E-state index in [1.165, 1.54) is 0 Å². The summed E-state index contributed by atoms with van der Waals surface area (Å²) in [5, 5.41) is 22.6. The maximum Gasteiger partial charge on any atom is 0.225 e. The van der Waals surface area contributed by atoms with E-state index in [9.17, 15) is 4.79 Å². The van der Waals surface area contributed by atoms with Crippen LogP contribution in [0.5, 0.6) is 0 Å². The van der Waals surface area contributed by atoms with Crippen LogP contribution in [0.2, 0.25) is 0 Å². The fourth-order valence-electron chi connectivity index (χ4n) is 1.82. The van der Waals surface area contributed by atoms with E-state index in [0.717, 1.165) is 18.5 Å². The van der Waals surface area contributed by atoms with Crippen LogP contribution in [0, 0.1) is 11.3 Å². The summed E-state index contributed by atoms with van der Waals surface area (Å²) in [5.74, 6) is 0.914. The van der Waals surface area contributed by atoms with Crippen molar-refractivity contribution in [3.8, 4) is 6.07 Å². The maximum atomic E-state index is 11.6. The first-order valence-electron chi connectivity index (χ1n) is 7.12. The molecule has 6 heteroatoms. The Bertz CT molecular complexity index is 676. The van der Waals surface area contributed by atoms with Crippen LogP contribution in [0.1, 0.15) is 31.7 Å². The van der Waals surface area contributed by atoms with Crippen molar-refractivity contribution < 1.29 is 4.79 Å². The molecule has 0 aliphatic rings. The minimum Gasteiger partial charge on any atom is -0.339 e. The van der Waals surface area contributed by atoms with Gasteiger partial charge in [0.2, 0.25) is 5.91 Å². The summed E-state index contributed by atoms with van der Waals surface area (Å²) >= 11 is 0. The molecule has 1 amide bonds. The first-order chi connectivity index (χ1) is 10.7. The van der Waals surface area contributed by atoms with Crippen LogP contribution >= 0.6 is 0 Å². The van der Waals surface area contributed by atoms with Crippen molar-refractivity contribution in [1.29, 1.82) is 5.26 Å². The molecule has 0 saturated heterocycles. The van der Waals surface area contributed by atoms with Gasteiger partial charge in [-0.2, -0.15) is 5.26 Å². The van der Waals surface area contributed by atoms with Gasteiger partial charge < -0.3 is 10.6 Å². The monoisotopic (exact) mass is 295 g/mol. The molecule has 0 saturated carbocycles. The van der Waals surface area contributed by atoms with E-state index < -0.39 is 0 Å². The van der Waals surface area contributed by atoms with Gasteiger partial charge in [0.15, 0.2) is 11.6 Å². The largest absolute Gasteiger partial charge is 0.339 e. The second kappa shape index (κ2) is 7.74. The molecular weight excluding hydrogens is 278 g/mol. The summed E-state index contributed by atoms with van der Waals surface area (Å²) in [6.07, 6.45) is 2.32. The molecule has 1 aromatic carbocycles. The number of carbonyl (C=O) groups is 1. The Morgan fingerprint density at radius 1 is 1.23 bits per heavy atom. The van der Waals surface area contributed by atoms with Crippen LogP contribution < -0.4 is 10.6 Å². The summed E-state index contributed by atoms with van der Waals surface area (Å²) in [4.78, 5) is 11.6. The van der Waals surface area contributed by atoms with Crippen molar-refractivity contribution in [3.63, 3.8) is 0 Å². The number of rotatable bonds is 6. The highest BCUT2D eigenvalue weighted by atomic mass is 16.1. The summed E-state index contributed by atoms with van der Waals surface area (Å²) in [5.41, 5.74) is 1.32. The van der Waals surface area contributed by atoms with Gasteiger partial charge in [0.25, 0.3) is 0 Å². The molecule has 0 aliphatic carbocycles. The Morgan fingerprint density at radius 2 is 2.00 bits per heavy atom. The van der Waals surface area contributed by atoms with E-state index in [-0.39, 0.29) is 5.91 Å². The molecule has 112 valence electrons. The summed E-state index contributed by atoms with van der Waals surface area (Å²) in [6.45, 7) is 2.04. The maximum absolute atomic E-state index is 11.6. The zero-order valence-electron chi connectivity index (χ0n) is 12.3. The minimum atomic E-state index is -0.0569. The molecule has 0 aliphatic heterocycles. The second-order valence-electron chi connectivity index (χ2n) is 4.77. The third-order valence-electron chi connectivity index (χ3n) is 2.95. The molecule has 6 nitrogen and oxygen atoms in total. The van der Waals surface area contributed by atoms with Crippen molar-refractivity contribution in [2.45, 2.75) is 26.2 Å². The molecule has 0 radical (unpaired) electrons. The molecule has 22 heavy (non-hydrogen) atoms. The van der Waals surface area contributed by atoms with E-state index >= 15 is 0 Å². The molecule has 2 rings (SSSR count). The van der Waals surface area contributed by atoms with Gasteiger partial charge in [0.1, 0.15) is 0 Å². The average molecular weight is 295 g/mol. The van der Waals surface area contributed by atoms with E-state index in [1.807, 2.05) is 13.0 Å². The molecule has 0 unspecified atom stereocenters. The van der Waals surface area contributed by atoms with Gasteiger partial charge in [-0.1, -0.05) is 19.4 Å². The van der Waals surface area contributed by atoms with E-state index in [4.69, 9.17) is 5.26 Å². The molecule has 0 bridgehead atoms. The Hall–Kier alpha value is -2.94. The van der Waals surface area contributed by atoms with Crippen molar-refractivity contribution in [2.24, 2.45) is 0 Å². The summed E-state index contributed by atoms with van der Waals surface area (Å²) in [7, 11) is 0. The van der Waals surface area contributed by atoms with Crippen LogP contribution in [-0.2, 0) is 4.79 Å². The third-order valence-corrected chi connectivity index (χ3v) is 2.95. The number of hydrogen-bond acceptors (Lipinski definition) is 5. The van der Waals surface area contributed by atoms with Crippen LogP contribution in [0.15, 0.2) is 36.4 Å². The molecule has 0 atom stereocenters. The number of hydrogen-bond donors (Lipinski definition) is 2. The number of amides is 1. The fraction of sp³-hybridized carbons (Fsp3) is 0.250. The van der Waals surface area contributed by atoms with Gasteiger partial charge >= 0.3 is 0 Å². The van der Waals surface area contributed by atoms with Gasteiger partial charge in [0.05, 0.1) is 11.6 Å². The van der Waals surface area contributed by atoms with Crippen molar-refractivity contribution in [2.75, 3.05) is 10.6 Å². The zero-order chi connectivity index (χ0) is 15.8. The average Bonchev–Trinajstić information content (AvgIpc) is 2.55. The van der Waals surface area contributed by atoms with E-state index in [0.29, 0.717) is 23.6 Å². The third kappa shape index (κ3) is 4.56. The van der Waals surface area contributed by atoms with Crippen LogP contribution in [-0.4, -0.2) is 16.1 Å². The normalized spacial score (nSPS) is 9.82. The lowest BCUT2D eigenvalue weighted by atomic mass is 10.2. The molecule has 0 fully saturated rings. The number of anilines is 3. The molecule has 0 spiro atoms. The van der Waals surface area contributed by atoms with Crippen LogP contribution in [0.3, 0.4) is 0 Å². The molecule has 2 N–H and O–H groups in total. The van der Waals surface area contributed by atoms with E-state index in [1.54, 1.807) is 30.3 Å². The molecule has 1 heterocycles. The topological polar surface area (TPSA) is 90.7 Å². The molecular formula is C16H17N5O. The standard InChI is InChI=1S/C16H17N5O/c1-2-3-7-16(22)19-15-9-8-14(20-21-15)18-13-6-4-5-12(10-13)11-17/h4-6,8-10H,2-3,7H2,1H3,(H,18,20)(H,19,21,22). The number of unbranched alkanes of at least 4 members (excludes halogenated alkanes) is 1. The Balaban J connectivity index is 1.97. The molecule has 1 aromatic heterocycles. The smallest absolute Gasteiger partial charge is 0.225 e. The van der Waals surface area contributed by atoms with Gasteiger partial charge in [-0.25, -0.2) is 0 Å². The number of nitrogens with one attached hydrogen (secondary N) is 2. The van der Waals surface area contributed by atoms with Crippen molar-refractivity contribution >= 4 is 23.2 Å². The van der Waals surface area contributed by atoms with Gasteiger partial charge in [-0.15, -0.1) is 10.2 Å². The highest BCUT2D eigenvalue weighted by Gasteiger charge is 2.04. The number of nitrogens with zero attached hydrogens (tertiary/aromatic N) is 3. The molecule has 2 aromatic rings. The first kappa shape index (κ1) is 15.4. The number of nitriles is 1. The van der Waals surface area contributed by atoms with Crippen molar-refractivity contribution in [1.82, 2.24) is 10.2 Å². The Morgan fingerprint density at radius 3 is 2.68 bits per heavy atom. The Labute approximate surface area is 129 Å². The van der Waals surface area contributed by atoms with Gasteiger partial charge in [0, 0.05) is 12.1 Å². The predicted molar refractivity (Wildman–Crippen MR) is 84.6 cm³/mol. The number of carbonyl (C=O) groups excluding carboxylic acids is 1. The zero-order valence-corrected chi connectivity index (χ0v) is 12.3. The lowest BCUT2D eigenvalue weighted by molar-refractivity contribution is -0.116. The first-order valence-corrected chi connectivity index (χ1v) is 7.12. The fourth-order valence-corrected chi connectivity index (χ4v) is 1.82. The lowest BCUT2D eigenvalue weighted by Crippen LogP contribution is -2.12. The predicted octanol–water partition coefficient (Wildman–Crippen LogP) is 3.22. The van der Waals surface area contributed by atoms with Gasteiger partial charge in [-0.05, 0) is 36.8 Å². The highest BCUT2D eigenvalue weighted by molar-refractivity contribution is 5.89.